The summed E-state index contributed by atoms with van der Waals surface area (Å²) in [7, 11) is 1.48. The third kappa shape index (κ3) is 5.50. The number of imidazole rings is 1. The number of nitrogens with one attached hydrogen (secondary N) is 2. The summed E-state index contributed by atoms with van der Waals surface area (Å²) in [5.74, 6) is 0.340. The highest BCUT2D eigenvalue weighted by Gasteiger charge is 2.21. The number of Topliss-reactive ketones (excluding diaryl/α,β-unsaturated/α-hetero) is 1. The molecule has 180 valence electrons. The predicted octanol–water partition coefficient (Wildman–Crippen LogP) is 5.27. The molecule has 2 N–H and O–H groups in total. The van der Waals surface area contributed by atoms with Crippen LogP contribution in [0.25, 0.3) is 22.4 Å². The van der Waals surface area contributed by atoms with Gasteiger partial charge in [0, 0.05) is 25.2 Å². The first kappa shape index (κ1) is 24.4. The van der Waals surface area contributed by atoms with Gasteiger partial charge in [0.2, 0.25) is 5.91 Å². The van der Waals surface area contributed by atoms with Crippen molar-refractivity contribution >= 4 is 34.5 Å². The molecule has 1 amide bonds. The summed E-state index contributed by atoms with van der Waals surface area (Å²) in [4.78, 5) is 35.8. The summed E-state index contributed by atoms with van der Waals surface area (Å²) in [6, 6.07) is 16.4. The Morgan fingerprint density at radius 1 is 1.09 bits per heavy atom. The monoisotopic (exact) mass is 492 g/mol. The van der Waals surface area contributed by atoms with E-state index in [0.717, 1.165) is 5.56 Å². The fourth-order valence-corrected chi connectivity index (χ4v) is 4.02. The number of rotatable bonds is 8. The van der Waals surface area contributed by atoms with E-state index in [2.05, 4.69) is 20.3 Å². The predicted molar refractivity (Wildman–Crippen MR) is 134 cm³/mol. The number of amides is 1. The first-order valence-electron chi connectivity index (χ1n) is 10.9. The fraction of sp³-hybridized carbons (Fsp3) is 0.231. The molecule has 0 saturated carbocycles. The van der Waals surface area contributed by atoms with Gasteiger partial charge in [-0.1, -0.05) is 41.9 Å². The highest BCUT2D eigenvalue weighted by atomic mass is 35.5. The molecule has 35 heavy (non-hydrogen) atoms. The molecule has 0 bridgehead atoms. The maximum atomic E-state index is 12.2. The quantitative estimate of drug-likeness (QED) is 0.324. The number of aromatic amines is 1. The van der Waals surface area contributed by atoms with Crippen LogP contribution in [0.4, 0.5) is 0 Å². The second kappa shape index (κ2) is 9.85. The van der Waals surface area contributed by atoms with Gasteiger partial charge in [-0.2, -0.15) is 4.98 Å². The normalized spacial score (nSPS) is 11.5. The van der Waals surface area contributed by atoms with Crippen LogP contribution >= 0.6 is 11.6 Å². The molecule has 0 fully saturated rings. The smallest absolute Gasteiger partial charge is 0.301 e. The molecule has 0 aliphatic heterocycles. The van der Waals surface area contributed by atoms with Gasteiger partial charge < -0.3 is 19.8 Å². The van der Waals surface area contributed by atoms with Gasteiger partial charge >= 0.3 is 6.01 Å². The van der Waals surface area contributed by atoms with Crippen LogP contribution in [-0.4, -0.2) is 40.4 Å². The standard InChI is InChI=1S/C26H25ClN4O4/c1-15(32)31-26(2,3)18-8-10-19(11-9-18)35-25-28-21-13-20(27)23(29-24(21)30-25)17-7-5-6-16(12-17)22(33)14-34-4/h5-13H,14H2,1-4H3,(H,31,32)(H,28,29,30). The van der Waals surface area contributed by atoms with Crippen LogP contribution in [-0.2, 0) is 15.1 Å². The Morgan fingerprint density at radius 2 is 1.83 bits per heavy atom. The van der Waals surface area contributed by atoms with Crippen LogP contribution in [0.2, 0.25) is 5.02 Å². The number of fused-ring (bicyclic) bond motifs is 1. The van der Waals surface area contributed by atoms with Crippen molar-refractivity contribution in [3.8, 4) is 23.0 Å². The van der Waals surface area contributed by atoms with Gasteiger partial charge in [-0.05, 0) is 43.7 Å². The molecular formula is C26H25ClN4O4. The van der Waals surface area contributed by atoms with Crippen molar-refractivity contribution in [2.75, 3.05) is 13.7 Å². The van der Waals surface area contributed by atoms with Crippen LogP contribution in [0, 0.1) is 0 Å². The zero-order valence-corrected chi connectivity index (χ0v) is 20.6. The zero-order chi connectivity index (χ0) is 25.2. The second-order valence-electron chi connectivity index (χ2n) is 8.60. The maximum Gasteiger partial charge on any atom is 0.301 e. The van der Waals surface area contributed by atoms with Gasteiger partial charge in [0.25, 0.3) is 0 Å². The molecule has 8 nitrogen and oxygen atoms in total. The van der Waals surface area contributed by atoms with Gasteiger partial charge in [-0.15, -0.1) is 0 Å². The Morgan fingerprint density at radius 3 is 2.51 bits per heavy atom. The lowest BCUT2D eigenvalue weighted by Crippen LogP contribution is -2.39. The lowest BCUT2D eigenvalue weighted by atomic mass is 9.94. The first-order chi connectivity index (χ1) is 16.7. The van der Waals surface area contributed by atoms with Crippen molar-refractivity contribution in [2.45, 2.75) is 26.3 Å². The van der Waals surface area contributed by atoms with Crippen molar-refractivity contribution in [3.63, 3.8) is 0 Å². The number of benzene rings is 2. The lowest BCUT2D eigenvalue weighted by Gasteiger charge is -2.26. The van der Waals surface area contributed by atoms with Gasteiger partial charge in [0.05, 0.1) is 21.8 Å². The van der Waals surface area contributed by atoms with Crippen molar-refractivity contribution in [1.82, 2.24) is 20.3 Å². The number of hydrogen-bond donors (Lipinski definition) is 2. The molecule has 2 heterocycles. The topological polar surface area (TPSA) is 106 Å². The van der Waals surface area contributed by atoms with Crippen molar-refractivity contribution < 1.29 is 19.1 Å². The number of pyridine rings is 1. The SMILES string of the molecule is COCC(=O)c1cccc(-c2nc3nc(Oc4ccc(C(C)(C)NC(C)=O)cc4)[nH]c3cc2Cl)c1. The molecule has 0 unspecified atom stereocenters. The number of carbonyl (C=O) groups is 2. The number of carbonyl (C=O) groups excluding carboxylic acids is 2. The summed E-state index contributed by atoms with van der Waals surface area (Å²) in [5.41, 5.74) is 3.19. The minimum atomic E-state index is -0.508. The van der Waals surface area contributed by atoms with Gasteiger partial charge in [-0.25, -0.2) is 4.98 Å². The third-order valence-corrected chi connectivity index (χ3v) is 5.71. The Labute approximate surface area is 207 Å². The zero-order valence-electron chi connectivity index (χ0n) is 19.8. The fourth-order valence-electron chi connectivity index (χ4n) is 3.76. The van der Waals surface area contributed by atoms with E-state index in [1.54, 1.807) is 36.4 Å². The van der Waals surface area contributed by atoms with Gasteiger partial charge in [0.1, 0.15) is 12.4 Å². The first-order valence-corrected chi connectivity index (χ1v) is 11.3. The number of aromatic nitrogens is 3. The number of hydrogen-bond acceptors (Lipinski definition) is 6. The van der Waals surface area contributed by atoms with E-state index in [1.165, 1.54) is 14.0 Å². The number of ether oxygens (including phenoxy) is 2. The Balaban J connectivity index is 1.58. The number of methoxy groups -OCH3 is 1. The van der Waals surface area contributed by atoms with E-state index in [-0.39, 0.29) is 24.3 Å². The average molecular weight is 493 g/mol. The highest BCUT2D eigenvalue weighted by Crippen LogP contribution is 2.31. The van der Waals surface area contributed by atoms with Crippen LogP contribution in [0.1, 0.15) is 36.7 Å². The van der Waals surface area contributed by atoms with Crippen LogP contribution in [0.3, 0.4) is 0 Å². The van der Waals surface area contributed by atoms with E-state index in [0.29, 0.717) is 38.8 Å². The second-order valence-corrected chi connectivity index (χ2v) is 9.01. The molecule has 0 saturated heterocycles. The summed E-state index contributed by atoms with van der Waals surface area (Å²) in [6.07, 6.45) is 0. The highest BCUT2D eigenvalue weighted by molar-refractivity contribution is 6.33. The molecule has 0 radical (unpaired) electrons. The molecule has 2 aromatic heterocycles. The van der Waals surface area contributed by atoms with Crippen LogP contribution < -0.4 is 10.1 Å². The van der Waals surface area contributed by atoms with Crippen molar-refractivity contribution in [1.29, 1.82) is 0 Å². The molecule has 0 spiro atoms. The summed E-state index contributed by atoms with van der Waals surface area (Å²) < 4.78 is 10.8. The molecule has 2 aromatic carbocycles. The maximum absolute atomic E-state index is 12.2. The number of halogens is 1. The Hall–Kier alpha value is -3.75. The van der Waals surface area contributed by atoms with Crippen LogP contribution in [0.5, 0.6) is 11.8 Å². The molecule has 0 aliphatic rings. The molecule has 4 aromatic rings. The lowest BCUT2D eigenvalue weighted by molar-refractivity contribution is -0.120. The average Bonchev–Trinajstić information content (AvgIpc) is 3.19. The van der Waals surface area contributed by atoms with E-state index in [1.807, 2.05) is 32.0 Å². The number of H-pyrrole nitrogens is 1. The van der Waals surface area contributed by atoms with Crippen LogP contribution in [0.15, 0.2) is 54.6 Å². The number of nitrogens with zero attached hydrogens (tertiary/aromatic N) is 2. The van der Waals surface area contributed by atoms with E-state index in [9.17, 15) is 9.59 Å². The van der Waals surface area contributed by atoms with Gasteiger partial charge in [-0.3, -0.25) is 9.59 Å². The minimum Gasteiger partial charge on any atom is -0.426 e. The van der Waals surface area contributed by atoms with Crippen molar-refractivity contribution in [3.05, 3.63) is 70.7 Å². The van der Waals surface area contributed by atoms with E-state index >= 15 is 0 Å². The Bertz CT molecular complexity index is 1400. The molecule has 4 rings (SSSR count). The molecular weight excluding hydrogens is 468 g/mol. The van der Waals surface area contributed by atoms with Gasteiger partial charge in [0.15, 0.2) is 11.4 Å². The summed E-state index contributed by atoms with van der Waals surface area (Å²) in [5, 5.41) is 3.33. The molecule has 9 heteroatoms. The minimum absolute atomic E-state index is 0.00453. The summed E-state index contributed by atoms with van der Waals surface area (Å²) >= 11 is 6.51. The number of ketones is 1. The van der Waals surface area contributed by atoms with E-state index < -0.39 is 5.54 Å². The van der Waals surface area contributed by atoms with E-state index in [4.69, 9.17) is 21.1 Å². The Kier molecular flexibility index (Phi) is 6.86. The largest absolute Gasteiger partial charge is 0.426 e. The third-order valence-electron chi connectivity index (χ3n) is 5.42. The summed E-state index contributed by atoms with van der Waals surface area (Å²) in [6.45, 7) is 5.35. The molecule has 0 aliphatic carbocycles. The van der Waals surface area contributed by atoms with Crippen molar-refractivity contribution in [2.24, 2.45) is 0 Å². The molecule has 0 atom stereocenters.